The first-order valence-electron chi connectivity index (χ1n) is 9.82. The topological polar surface area (TPSA) is 75.2 Å². The number of anilines is 1. The fourth-order valence-corrected chi connectivity index (χ4v) is 3.82. The zero-order valence-corrected chi connectivity index (χ0v) is 19.0. The maximum Gasteiger partial charge on any atom is 0.280 e. The Morgan fingerprint density at radius 2 is 1.74 bits per heavy atom. The summed E-state index contributed by atoms with van der Waals surface area (Å²) in [5, 5.41) is 8.30. The van der Waals surface area contributed by atoms with Gasteiger partial charge in [0.15, 0.2) is 5.69 Å². The Hall–Kier alpha value is -3.13. The molecule has 1 N–H and O–H groups in total. The van der Waals surface area contributed by atoms with Crippen LogP contribution in [0.25, 0.3) is 0 Å². The van der Waals surface area contributed by atoms with Crippen molar-refractivity contribution in [1.29, 1.82) is 0 Å². The maximum atomic E-state index is 14.9. The summed E-state index contributed by atoms with van der Waals surface area (Å²) in [6, 6.07) is 10.3. The van der Waals surface area contributed by atoms with E-state index in [1.807, 2.05) is 40.7 Å². The second-order valence-corrected chi connectivity index (χ2v) is 9.08. The summed E-state index contributed by atoms with van der Waals surface area (Å²) in [6.45, 7) is 9.29. The zero-order valence-electron chi connectivity index (χ0n) is 18.1. The number of amides is 2. The molecule has 1 unspecified atom stereocenters. The minimum absolute atomic E-state index is 0.0917. The van der Waals surface area contributed by atoms with Crippen molar-refractivity contribution in [3.63, 3.8) is 0 Å². The lowest BCUT2D eigenvalue weighted by molar-refractivity contribution is -0.124. The van der Waals surface area contributed by atoms with Gasteiger partial charge in [-0.2, -0.15) is 0 Å². The van der Waals surface area contributed by atoms with Crippen LogP contribution < -0.4 is 10.2 Å². The Kier molecular flexibility index (Phi) is 6.50. The molecule has 2 aromatic carbocycles. The molecule has 1 aromatic heterocycles. The fourth-order valence-electron chi connectivity index (χ4n) is 3.39. The molecule has 0 radical (unpaired) electrons. The third kappa shape index (κ3) is 5.32. The Bertz CT molecular complexity index is 1070. The number of carbonyl (C=O) groups excluding carboxylic acids is 2. The van der Waals surface area contributed by atoms with Gasteiger partial charge >= 0.3 is 0 Å². The smallest absolute Gasteiger partial charge is 0.280 e. The van der Waals surface area contributed by atoms with Crippen LogP contribution in [-0.2, 0) is 4.79 Å². The van der Waals surface area contributed by atoms with Gasteiger partial charge in [-0.1, -0.05) is 28.8 Å². The molecule has 0 aliphatic rings. The highest BCUT2D eigenvalue weighted by molar-refractivity contribution is 7.03. The predicted molar refractivity (Wildman–Crippen MR) is 120 cm³/mol. The SMILES string of the molecule is Cc1cc(C)cc(N(C(=O)c2csnn2)C(C(=O)NC(C)(C)C)c2ccccc2F)c1. The largest absolute Gasteiger partial charge is 0.349 e. The van der Waals surface area contributed by atoms with Crippen LogP contribution in [0, 0.1) is 19.7 Å². The fraction of sp³-hybridized carbons (Fsp3) is 0.304. The van der Waals surface area contributed by atoms with Gasteiger partial charge < -0.3 is 5.32 Å². The lowest BCUT2D eigenvalue weighted by Gasteiger charge is -2.33. The summed E-state index contributed by atoms with van der Waals surface area (Å²) in [5.41, 5.74) is 1.90. The molecule has 3 rings (SSSR count). The molecule has 0 saturated carbocycles. The van der Waals surface area contributed by atoms with E-state index < -0.39 is 29.2 Å². The molecule has 6 nitrogen and oxygen atoms in total. The van der Waals surface area contributed by atoms with Crippen LogP contribution in [0.2, 0.25) is 0 Å². The molecule has 0 saturated heterocycles. The third-order valence-corrected chi connectivity index (χ3v) is 4.99. The number of halogens is 1. The zero-order chi connectivity index (χ0) is 22.8. The second-order valence-electron chi connectivity index (χ2n) is 8.47. The molecule has 162 valence electrons. The van der Waals surface area contributed by atoms with Gasteiger partial charge in [0.1, 0.15) is 11.9 Å². The van der Waals surface area contributed by atoms with Gasteiger partial charge in [-0.25, -0.2) is 4.39 Å². The second kappa shape index (κ2) is 8.93. The number of hydrogen-bond donors (Lipinski definition) is 1. The normalized spacial score (nSPS) is 12.3. The molecule has 31 heavy (non-hydrogen) atoms. The number of nitrogens with one attached hydrogen (secondary N) is 1. The highest BCUT2D eigenvalue weighted by Gasteiger charge is 2.37. The first-order valence-corrected chi connectivity index (χ1v) is 10.7. The van der Waals surface area contributed by atoms with Gasteiger partial charge in [-0.15, -0.1) is 5.10 Å². The number of rotatable bonds is 5. The number of benzene rings is 2. The summed E-state index contributed by atoms with van der Waals surface area (Å²) in [6.07, 6.45) is 0. The van der Waals surface area contributed by atoms with E-state index in [1.165, 1.54) is 22.4 Å². The number of nitrogens with zero attached hydrogens (tertiary/aromatic N) is 3. The third-order valence-electron chi connectivity index (χ3n) is 4.49. The number of hydrogen-bond acceptors (Lipinski definition) is 5. The standard InChI is InChI=1S/C23H25FN4O2S/c1-14-10-15(2)12-16(11-14)28(22(30)19-13-31-27-26-19)20(21(29)25-23(3,4)5)17-8-6-7-9-18(17)24/h6-13,20H,1-5H3,(H,25,29). The van der Waals surface area contributed by atoms with E-state index in [2.05, 4.69) is 14.9 Å². The van der Waals surface area contributed by atoms with Gasteiger partial charge in [-0.3, -0.25) is 14.5 Å². The van der Waals surface area contributed by atoms with Crippen LogP contribution in [-0.4, -0.2) is 26.9 Å². The lowest BCUT2D eigenvalue weighted by Crippen LogP contribution is -2.50. The van der Waals surface area contributed by atoms with Gasteiger partial charge in [0.05, 0.1) is 0 Å². The maximum absolute atomic E-state index is 14.9. The number of aryl methyl sites for hydroxylation is 2. The molecule has 8 heteroatoms. The first kappa shape index (κ1) is 22.6. The van der Waals surface area contributed by atoms with Gasteiger partial charge in [0.25, 0.3) is 5.91 Å². The summed E-state index contributed by atoms with van der Waals surface area (Å²) >= 11 is 1.03. The molecule has 0 spiro atoms. The van der Waals surface area contributed by atoms with Crippen LogP contribution in [0.15, 0.2) is 47.8 Å². The molecule has 1 atom stereocenters. The molecule has 0 aliphatic heterocycles. The van der Waals surface area contributed by atoms with Crippen molar-refractivity contribution < 1.29 is 14.0 Å². The minimum atomic E-state index is -1.24. The Labute approximate surface area is 185 Å². The molecule has 0 aliphatic carbocycles. The summed E-state index contributed by atoms with van der Waals surface area (Å²) in [7, 11) is 0. The Morgan fingerprint density at radius 3 is 2.29 bits per heavy atom. The molecular formula is C23H25FN4O2S. The Morgan fingerprint density at radius 1 is 1.10 bits per heavy atom. The van der Waals surface area contributed by atoms with Crippen molar-refractivity contribution in [2.75, 3.05) is 4.90 Å². The van der Waals surface area contributed by atoms with Crippen LogP contribution >= 0.6 is 11.5 Å². The van der Waals surface area contributed by atoms with E-state index >= 15 is 0 Å². The summed E-state index contributed by atoms with van der Waals surface area (Å²) in [5.74, 6) is -1.60. The minimum Gasteiger partial charge on any atom is -0.349 e. The highest BCUT2D eigenvalue weighted by atomic mass is 32.1. The highest BCUT2D eigenvalue weighted by Crippen LogP contribution is 2.32. The van der Waals surface area contributed by atoms with Crippen molar-refractivity contribution in [3.8, 4) is 0 Å². The Balaban J connectivity index is 2.24. The number of aromatic nitrogens is 2. The monoisotopic (exact) mass is 440 g/mol. The van der Waals surface area contributed by atoms with E-state index in [-0.39, 0.29) is 11.3 Å². The molecule has 2 amide bonds. The van der Waals surface area contributed by atoms with Crippen molar-refractivity contribution in [2.24, 2.45) is 0 Å². The average Bonchev–Trinajstić information content (AvgIpc) is 3.19. The number of carbonyl (C=O) groups is 2. The van der Waals surface area contributed by atoms with E-state index in [0.29, 0.717) is 5.69 Å². The molecule has 0 fully saturated rings. The molecule has 0 bridgehead atoms. The van der Waals surface area contributed by atoms with Crippen LogP contribution in [0.1, 0.15) is 54.0 Å². The summed E-state index contributed by atoms with van der Waals surface area (Å²) < 4.78 is 18.7. The van der Waals surface area contributed by atoms with E-state index in [1.54, 1.807) is 24.3 Å². The predicted octanol–water partition coefficient (Wildman–Crippen LogP) is 4.60. The van der Waals surface area contributed by atoms with E-state index in [0.717, 1.165) is 22.7 Å². The van der Waals surface area contributed by atoms with Crippen LogP contribution in [0.4, 0.5) is 10.1 Å². The molecular weight excluding hydrogens is 415 g/mol. The lowest BCUT2D eigenvalue weighted by atomic mass is 9.99. The average molecular weight is 441 g/mol. The summed E-state index contributed by atoms with van der Waals surface area (Å²) in [4.78, 5) is 28.3. The van der Waals surface area contributed by atoms with Crippen molar-refractivity contribution in [2.45, 2.75) is 46.2 Å². The van der Waals surface area contributed by atoms with Crippen molar-refractivity contribution >= 4 is 29.0 Å². The van der Waals surface area contributed by atoms with E-state index in [4.69, 9.17) is 0 Å². The van der Waals surface area contributed by atoms with Crippen LogP contribution in [0.5, 0.6) is 0 Å². The van der Waals surface area contributed by atoms with Gasteiger partial charge in [0, 0.05) is 22.2 Å². The van der Waals surface area contributed by atoms with E-state index in [9.17, 15) is 14.0 Å². The van der Waals surface area contributed by atoms with Crippen molar-refractivity contribution in [1.82, 2.24) is 14.9 Å². The van der Waals surface area contributed by atoms with Gasteiger partial charge in [0.2, 0.25) is 5.91 Å². The van der Waals surface area contributed by atoms with Crippen molar-refractivity contribution in [3.05, 3.63) is 76.0 Å². The quantitative estimate of drug-likeness (QED) is 0.629. The molecule has 1 heterocycles. The van der Waals surface area contributed by atoms with Gasteiger partial charge in [-0.05, 0) is 75.5 Å². The molecule has 3 aromatic rings. The first-order chi connectivity index (χ1) is 14.6. The van der Waals surface area contributed by atoms with Crippen LogP contribution in [0.3, 0.4) is 0 Å².